The molecule has 0 saturated carbocycles. The van der Waals surface area contributed by atoms with E-state index in [2.05, 4.69) is 65.2 Å². The first-order valence-corrected chi connectivity index (χ1v) is 13.9. The van der Waals surface area contributed by atoms with Gasteiger partial charge in [0.1, 0.15) is 0 Å². The molecule has 0 aromatic heterocycles. The highest BCUT2D eigenvalue weighted by Gasteiger charge is 2.37. The Morgan fingerprint density at radius 3 is 1.32 bits per heavy atom. The zero-order valence-corrected chi connectivity index (χ0v) is 20.3. The van der Waals surface area contributed by atoms with Gasteiger partial charge in [-0.3, -0.25) is 0 Å². The molecule has 0 atom stereocenters. The zero-order valence-electron chi connectivity index (χ0n) is 15.1. The molecule has 126 valence electrons. The van der Waals surface area contributed by atoms with Gasteiger partial charge in [0.05, 0.1) is 0 Å². The average molecular weight is 373 g/mol. The number of allylic oxidation sites excluding steroid dienone is 4. The minimum atomic E-state index is -2.56. The van der Waals surface area contributed by atoms with Crippen LogP contribution < -0.4 is 0 Å². The van der Waals surface area contributed by atoms with Gasteiger partial charge < -0.3 is 12.3 Å². The lowest BCUT2D eigenvalue weighted by Gasteiger charge is -2.29. The smallest absolute Gasteiger partial charge is 0.418 e. The normalized spacial score (nSPS) is 14.6. The molecule has 0 aromatic carbocycles. The predicted octanol–water partition coefficient (Wildman–Crippen LogP) is 2.18. The molecule has 0 fully saturated rings. The Bertz CT molecular complexity index is 363. The molecule has 0 aliphatic carbocycles. The zero-order chi connectivity index (χ0) is 17.0. The monoisotopic (exact) mass is 372 g/mol. The summed E-state index contributed by atoms with van der Waals surface area (Å²) in [6.07, 6.45) is 1.89. The van der Waals surface area contributed by atoms with Crippen molar-refractivity contribution in [3.63, 3.8) is 0 Å². The standard InChI is InChI=1S/C15H32O3Si4/c1-8-9-22(16-19-10-13(2)3,17-20-11-14(4)5)18-21-12-15(6)7/h8,10-12H,1,9,19-21H2,2-7H3. The van der Waals surface area contributed by atoms with E-state index in [1.54, 1.807) is 0 Å². The molecule has 22 heavy (non-hydrogen) atoms. The van der Waals surface area contributed by atoms with Crippen LogP contribution in [0, 0.1) is 0 Å². The quantitative estimate of drug-likeness (QED) is 0.411. The molecule has 0 radical (unpaired) electrons. The van der Waals surface area contributed by atoms with E-state index in [1.807, 2.05) is 6.08 Å². The van der Waals surface area contributed by atoms with E-state index in [-0.39, 0.29) is 0 Å². The summed E-state index contributed by atoms with van der Waals surface area (Å²) in [6.45, 7) is 16.5. The molecule has 0 bridgehead atoms. The molecule has 7 heteroatoms. The molecule has 0 unspecified atom stereocenters. The lowest BCUT2D eigenvalue weighted by atomic mass is 10.4. The van der Waals surface area contributed by atoms with Crippen molar-refractivity contribution in [3.8, 4) is 0 Å². The lowest BCUT2D eigenvalue weighted by molar-refractivity contribution is 0.290. The summed E-state index contributed by atoms with van der Waals surface area (Å²) in [7, 11) is -4.81. The van der Waals surface area contributed by atoms with Gasteiger partial charge in [-0.2, -0.15) is 0 Å². The van der Waals surface area contributed by atoms with E-state index in [1.165, 1.54) is 16.7 Å². The van der Waals surface area contributed by atoms with Gasteiger partial charge in [-0.05, 0) is 41.5 Å². The third kappa shape index (κ3) is 11.3. The third-order valence-corrected chi connectivity index (χ3v) is 13.8. The molecule has 0 rings (SSSR count). The Morgan fingerprint density at radius 2 is 1.09 bits per heavy atom. The van der Waals surface area contributed by atoms with Gasteiger partial charge >= 0.3 is 8.80 Å². The van der Waals surface area contributed by atoms with E-state index in [9.17, 15) is 0 Å². The fraction of sp³-hybridized carbons (Fsp3) is 0.467. The Morgan fingerprint density at radius 1 is 0.773 bits per heavy atom. The summed E-state index contributed by atoms with van der Waals surface area (Å²) in [5.74, 6) is 0. The molecule has 0 amide bonds. The van der Waals surface area contributed by atoms with Crippen LogP contribution in [0.25, 0.3) is 0 Å². The highest BCUT2D eigenvalue weighted by atomic mass is 28.5. The summed E-state index contributed by atoms with van der Waals surface area (Å²) in [5.41, 5.74) is 10.5. The van der Waals surface area contributed by atoms with Crippen LogP contribution in [0.3, 0.4) is 0 Å². The van der Waals surface area contributed by atoms with Crippen LogP contribution in [0.4, 0.5) is 0 Å². The number of hydrogen-bond acceptors (Lipinski definition) is 3. The van der Waals surface area contributed by atoms with Crippen LogP contribution in [0.15, 0.2) is 46.5 Å². The van der Waals surface area contributed by atoms with Crippen LogP contribution in [0.1, 0.15) is 41.5 Å². The van der Waals surface area contributed by atoms with Gasteiger partial charge in [0.25, 0.3) is 0 Å². The van der Waals surface area contributed by atoms with Gasteiger partial charge in [0.15, 0.2) is 29.3 Å². The van der Waals surface area contributed by atoms with Crippen molar-refractivity contribution in [2.24, 2.45) is 0 Å². The van der Waals surface area contributed by atoms with Crippen molar-refractivity contribution in [1.29, 1.82) is 0 Å². The molecular formula is C15H32O3Si4. The molecule has 0 spiro atoms. The number of hydrogen-bond donors (Lipinski definition) is 0. The second-order valence-electron chi connectivity index (χ2n) is 5.95. The Kier molecular flexibility index (Phi) is 12.0. The minimum absolute atomic E-state index is 0.712. The van der Waals surface area contributed by atoms with Crippen LogP contribution in [-0.4, -0.2) is 38.1 Å². The molecular weight excluding hydrogens is 341 g/mol. The number of rotatable bonds is 11. The van der Waals surface area contributed by atoms with Gasteiger partial charge in [0.2, 0.25) is 0 Å². The first-order chi connectivity index (χ1) is 10.3. The summed E-state index contributed by atoms with van der Waals surface area (Å²) in [5, 5.41) is 0. The summed E-state index contributed by atoms with van der Waals surface area (Å²) < 4.78 is 18.7. The molecule has 0 saturated heterocycles. The molecule has 0 N–H and O–H groups in total. The first-order valence-electron chi connectivity index (χ1n) is 7.74. The van der Waals surface area contributed by atoms with Gasteiger partial charge in [-0.25, -0.2) is 0 Å². The fourth-order valence-corrected chi connectivity index (χ4v) is 11.5. The Hall–Kier alpha value is -0.292. The largest absolute Gasteiger partial charge is 0.473 e. The molecule has 3 nitrogen and oxygen atoms in total. The van der Waals surface area contributed by atoms with Crippen molar-refractivity contribution in [2.75, 3.05) is 0 Å². The molecule has 0 aliphatic heterocycles. The Balaban J connectivity index is 4.97. The highest BCUT2D eigenvalue weighted by molar-refractivity contribution is 6.75. The van der Waals surface area contributed by atoms with Crippen LogP contribution in [0.5, 0.6) is 0 Å². The Labute approximate surface area is 144 Å². The van der Waals surface area contributed by atoms with Crippen molar-refractivity contribution < 1.29 is 12.3 Å². The van der Waals surface area contributed by atoms with E-state index in [0.717, 1.165) is 0 Å². The second kappa shape index (κ2) is 12.2. The van der Waals surface area contributed by atoms with Crippen LogP contribution in [-0.2, 0) is 12.3 Å². The third-order valence-electron chi connectivity index (χ3n) is 2.78. The van der Waals surface area contributed by atoms with E-state index < -0.39 is 38.1 Å². The maximum absolute atomic E-state index is 6.24. The minimum Gasteiger partial charge on any atom is -0.418 e. The second-order valence-corrected chi connectivity index (χ2v) is 13.4. The van der Waals surface area contributed by atoms with Crippen LogP contribution >= 0.6 is 0 Å². The van der Waals surface area contributed by atoms with Gasteiger partial charge in [0, 0.05) is 6.04 Å². The van der Waals surface area contributed by atoms with E-state index in [4.69, 9.17) is 12.3 Å². The summed E-state index contributed by atoms with van der Waals surface area (Å²) >= 11 is 0. The topological polar surface area (TPSA) is 27.7 Å². The molecule has 0 aliphatic rings. The van der Waals surface area contributed by atoms with Crippen LogP contribution in [0.2, 0.25) is 6.04 Å². The fourth-order valence-electron chi connectivity index (χ4n) is 1.48. The maximum Gasteiger partial charge on any atom is 0.473 e. The first kappa shape index (κ1) is 21.7. The maximum atomic E-state index is 6.24. The predicted molar refractivity (Wildman–Crippen MR) is 108 cm³/mol. The molecule has 0 aromatic rings. The molecule has 0 heterocycles. The van der Waals surface area contributed by atoms with Gasteiger partial charge in [-0.15, -0.1) is 6.58 Å². The van der Waals surface area contributed by atoms with Crippen molar-refractivity contribution >= 4 is 38.1 Å². The van der Waals surface area contributed by atoms with E-state index in [0.29, 0.717) is 6.04 Å². The van der Waals surface area contributed by atoms with Gasteiger partial charge in [-0.1, -0.05) is 39.9 Å². The SMILES string of the molecule is C=CC[Si](O[SiH2]C=C(C)C)(O[SiH2]C=C(C)C)O[SiH2]C=C(C)C. The van der Waals surface area contributed by atoms with Crippen molar-refractivity contribution in [3.05, 3.63) is 46.5 Å². The summed E-state index contributed by atoms with van der Waals surface area (Å²) in [6, 6.07) is 0.712. The van der Waals surface area contributed by atoms with E-state index >= 15 is 0 Å². The lowest BCUT2D eigenvalue weighted by Crippen LogP contribution is -2.48. The average Bonchev–Trinajstić information content (AvgIpc) is 2.37. The van der Waals surface area contributed by atoms with Crippen molar-refractivity contribution in [2.45, 2.75) is 47.6 Å². The highest BCUT2D eigenvalue weighted by Crippen LogP contribution is 2.16. The summed E-state index contributed by atoms with van der Waals surface area (Å²) in [4.78, 5) is 0. The van der Waals surface area contributed by atoms with Crippen molar-refractivity contribution in [1.82, 2.24) is 0 Å².